The fourth-order valence-electron chi connectivity index (χ4n) is 2.67. The quantitative estimate of drug-likeness (QED) is 0.703. The minimum Gasteiger partial charge on any atom is -0.383 e. The molecule has 118 valence electrons. The lowest BCUT2D eigenvalue weighted by Gasteiger charge is -2.22. The van der Waals surface area contributed by atoms with E-state index in [2.05, 4.69) is 22.0 Å². The Morgan fingerprint density at radius 3 is 2.95 bits per heavy atom. The molecular weight excluding hydrogens is 272 g/mol. The number of carbonyl (C=O) groups is 1. The largest absolute Gasteiger partial charge is 0.383 e. The van der Waals surface area contributed by atoms with Gasteiger partial charge in [0.2, 0.25) is 11.8 Å². The Morgan fingerprint density at radius 1 is 1.52 bits per heavy atom. The van der Waals surface area contributed by atoms with Crippen molar-refractivity contribution in [2.45, 2.75) is 26.8 Å². The Morgan fingerprint density at radius 2 is 2.33 bits per heavy atom. The Kier molecular flexibility index (Phi) is 5.69. The number of ether oxygens (including phenoxy) is 1. The van der Waals surface area contributed by atoms with Gasteiger partial charge in [-0.3, -0.25) is 9.69 Å². The minimum atomic E-state index is 0.225. The molecule has 0 N–H and O–H groups in total. The molecule has 21 heavy (non-hydrogen) atoms. The number of aryl methyl sites for hydroxylation is 1. The van der Waals surface area contributed by atoms with E-state index in [4.69, 9.17) is 9.26 Å². The summed E-state index contributed by atoms with van der Waals surface area (Å²) in [6.07, 6.45) is 0.617. The SMILES string of the molecule is CCN(Cc1noc(C)n1)C[C@@H]1CC(=O)N(CCOC)C1. The van der Waals surface area contributed by atoms with Gasteiger partial charge in [0.05, 0.1) is 13.2 Å². The number of methoxy groups -OCH3 is 1. The number of nitrogens with zero attached hydrogens (tertiary/aromatic N) is 4. The molecule has 1 atom stereocenters. The van der Waals surface area contributed by atoms with E-state index in [9.17, 15) is 4.79 Å². The van der Waals surface area contributed by atoms with Crippen molar-refractivity contribution >= 4 is 5.91 Å². The lowest BCUT2D eigenvalue weighted by atomic mass is 10.1. The Bertz CT molecular complexity index is 463. The van der Waals surface area contributed by atoms with Gasteiger partial charge < -0.3 is 14.2 Å². The highest BCUT2D eigenvalue weighted by Crippen LogP contribution is 2.19. The van der Waals surface area contributed by atoms with Crippen LogP contribution in [0.2, 0.25) is 0 Å². The van der Waals surface area contributed by atoms with Crippen LogP contribution in [0.15, 0.2) is 4.52 Å². The van der Waals surface area contributed by atoms with Crippen molar-refractivity contribution in [3.8, 4) is 0 Å². The molecule has 7 heteroatoms. The molecule has 1 fully saturated rings. The van der Waals surface area contributed by atoms with Gasteiger partial charge in [0.15, 0.2) is 5.82 Å². The first kappa shape index (κ1) is 15.9. The molecular formula is C14H24N4O3. The van der Waals surface area contributed by atoms with Crippen LogP contribution in [0.5, 0.6) is 0 Å². The third-order valence-corrected chi connectivity index (χ3v) is 3.76. The predicted molar refractivity (Wildman–Crippen MR) is 76.5 cm³/mol. The Labute approximate surface area is 125 Å². The number of hydrogen-bond acceptors (Lipinski definition) is 6. The number of likely N-dealkylation sites (tertiary alicyclic amines) is 1. The molecule has 0 saturated carbocycles. The van der Waals surface area contributed by atoms with E-state index in [1.807, 2.05) is 4.90 Å². The van der Waals surface area contributed by atoms with Crippen molar-refractivity contribution < 1.29 is 14.1 Å². The molecule has 0 unspecified atom stereocenters. The lowest BCUT2D eigenvalue weighted by molar-refractivity contribution is -0.128. The maximum Gasteiger partial charge on any atom is 0.223 e. The zero-order chi connectivity index (χ0) is 15.2. The van der Waals surface area contributed by atoms with Crippen LogP contribution in [-0.4, -0.2) is 65.7 Å². The summed E-state index contributed by atoms with van der Waals surface area (Å²) < 4.78 is 10.0. The second kappa shape index (κ2) is 7.51. The maximum atomic E-state index is 11.9. The van der Waals surface area contributed by atoms with Crippen LogP contribution in [-0.2, 0) is 16.1 Å². The van der Waals surface area contributed by atoms with E-state index in [1.165, 1.54) is 0 Å². The van der Waals surface area contributed by atoms with Crippen molar-refractivity contribution in [3.63, 3.8) is 0 Å². The Hall–Kier alpha value is -1.47. The Balaban J connectivity index is 1.83. The predicted octanol–water partition coefficient (Wildman–Crippen LogP) is 0.695. The van der Waals surface area contributed by atoms with Crippen molar-refractivity contribution in [1.29, 1.82) is 0 Å². The van der Waals surface area contributed by atoms with Crippen molar-refractivity contribution in [2.75, 3.05) is 39.9 Å². The molecule has 7 nitrogen and oxygen atoms in total. The molecule has 1 aliphatic rings. The number of carbonyl (C=O) groups excluding carboxylic acids is 1. The highest BCUT2D eigenvalue weighted by Gasteiger charge is 2.30. The van der Waals surface area contributed by atoms with Crippen molar-refractivity contribution in [2.24, 2.45) is 5.92 Å². The molecule has 0 aromatic carbocycles. The summed E-state index contributed by atoms with van der Waals surface area (Å²) in [7, 11) is 1.66. The fraction of sp³-hybridized carbons (Fsp3) is 0.786. The van der Waals surface area contributed by atoms with Crippen LogP contribution in [0.4, 0.5) is 0 Å². The molecule has 1 aromatic heterocycles. The zero-order valence-electron chi connectivity index (χ0n) is 13.0. The van der Waals surface area contributed by atoms with E-state index in [0.29, 0.717) is 43.8 Å². The van der Waals surface area contributed by atoms with Crippen LogP contribution in [0.3, 0.4) is 0 Å². The molecule has 0 radical (unpaired) electrons. The van der Waals surface area contributed by atoms with E-state index in [0.717, 1.165) is 19.6 Å². The van der Waals surface area contributed by atoms with Gasteiger partial charge in [-0.2, -0.15) is 4.98 Å². The number of amides is 1. The van der Waals surface area contributed by atoms with Gasteiger partial charge in [-0.1, -0.05) is 12.1 Å². The first-order valence-electron chi connectivity index (χ1n) is 7.40. The van der Waals surface area contributed by atoms with E-state index in [-0.39, 0.29) is 5.91 Å². The average Bonchev–Trinajstić information content (AvgIpc) is 3.02. The topological polar surface area (TPSA) is 71.7 Å². The van der Waals surface area contributed by atoms with Crippen LogP contribution >= 0.6 is 0 Å². The van der Waals surface area contributed by atoms with Gasteiger partial charge in [0.25, 0.3) is 0 Å². The molecule has 1 aliphatic heterocycles. The summed E-state index contributed by atoms with van der Waals surface area (Å²) in [5, 5.41) is 3.93. The molecule has 2 rings (SSSR count). The second-order valence-electron chi connectivity index (χ2n) is 5.46. The molecule has 0 bridgehead atoms. The highest BCUT2D eigenvalue weighted by molar-refractivity contribution is 5.78. The van der Waals surface area contributed by atoms with Crippen molar-refractivity contribution in [1.82, 2.24) is 19.9 Å². The van der Waals surface area contributed by atoms with Crippen LogP contribution in [0.25, 0.3) is 0 Å². The van der Waals surface area contributed by atoms with Gasteiger partial charge in [-0.15, -0.1) is 0 Å². The number of rotatable bonds is 8. The van der Waals surface area contributed by atoms with Gasteiger partial charge in [0.1, 0.15) is 0 Å². The molecule has 2 heterocycles. The van der Waals surface area contributed by atoms with E-state index >= 15 is 0 Å². The summed E-state index contributed by atoms with van der Waals surface area (Å²) in [5.41, 5.74) is 0. The molecule has 1 aromatic rings. The third kappa shape index (κ3) is 4.50. The monoisotopic (exact) mass is 296 g/mol. The fourth-order valence-corrected chi connectivity index (χ4v) is 2.67. The summed E-state index contributed by atoms with van der Waals surface area (Å²) in [6, 6.07) is 0. The van der Waals surface area contributed by atoms with Gasteiger partial charge >= 0.3 is 0 Å². The first-order valence-corrected chi connectivity index (χ1v) is 7.40. The number of aromatic nitrogens is 2. The number of hydrogen-bond donors (Lipinski definition) is 0. The van der Waals surface area contributed by atoms with Crippen molar-refractivity contribution in [3.05, 3.63) is 11.7 Å². The summed E-state index contributed by atoms with van der Waals surface area (Å²) in [6.45, 7) is 8.42. The van der Waals surface area contributed by atoms with Gasteiger partial charge in [0, 0.05) is 40.1 Å². The zero-order valence-corrected chi connectivity index (χ0v) is 13.0. The molecule has 1 saturated heterocycles. The van der Waals surface area contributed by atoms with E-state index in [1.54, 1.807) is 14.0 Å². The highest BCUT2D eigenvalue weighted by atomic mass is 16.5. The van der Waals surface area contributed by atoms with Crippen LogP contribution in [0, 0.1) is 12.8 Å². The van der Waals surface area contributed by atoms with Gasteiger partial charge in [-0.05, 0) is 12.5 Å². The molecule has 1 amide bonds. The van der Waals surface area contributed by atoms with Gasteiger partial charge in [-0.25, -0.2) is 0 Å². The minimum absolute atomic E-state index is 0.225. The standard InChI is InChI=1S/C14H24N4O3/c1-4-17(10-13-15-11(2)21-16-13)8-12-7-14(19)18(9-12)5-6-20-3/h12H,4-10H2,1-3H3/t12-/m0/s1. The third-order valence-electron chi connectivity index (χ3n) is 3.76. The summed E-state index contributed by atoms with van der Waals surface area (Å²) >= 11 is 0. The molecule has 0 spiro atoms. The second-order valence-corrected chi connectivity index (χ2v) is 5.46. The summed E-state index contributed by atoms with van der Waals surface area (Å²) in [5.74, 6) is 1.88. The van der Waals surface area contributed by atoms with E-state index < -0.39 is 0 Å². The average molecular weight is 296 g/mol. The maximum absolute atomic E-state index is 11.9. The van der Waals surface area contributed by atoms with Crippen LogP contribution in [0.1, 0.15) is 25.1 Å². The smallest absolute Gasteiger partial charge is 0.223 e. The van der Waals surface area contributed by atoms with Crippen LogP contribution < -0.4 is 0 Å². The molecule has 0 aliphatic carbocycles. The first-order chi connectivity index (χ1) is 10.1. The lowest BCUT2D eigenvalue weighted by Crippen LogP contribution is -2.32. The normalized spacial score (nSPS) is 19.0. The summed E-state index contributed by atoms with van der Waals surface area (Å²) in [4.78, 5) is 20.3.